The van der Waals surface area contributed by atoms with Crippen molar-refractivity contribution in [3.05, 3.63) is 75.9 Å². The number of halogens is 2. The second-order valence-electron chi connectivity index (χ2n) is 6.70. The van der Waals surface area contributed by atoms with E-state index in [9.17, 15) is 4.79 Å². The highest BCUT2D eigenvalue weighted by Crippen LogP contribution is 2.30. The summed E-state index contributed by atoms with van der Waals surface area (Å²) in [5.41, 5.74) is 1.58. The van der Waals surface area contributed by atoms with Crippen LogP contribution in [-0.2, 0) is 6.42 Å². The predicted octanol–water partition coefficient (Wildman–Crippen LogP) is 5.69. The summed E-state index contributed by atoms with van der Waals surface area (Å²) in [5, 5.41) is 12.3. The summed E-state index contributed by atoms with van der Waals surface area (Å²) in [7, 11) is 1.65. The molecule has 3 rings (SSSR count). The fourth-order valence-electron chi connectivity index (χ4n) is 2.76. The molecule has 0 bridgehead atoms. The molecule has 1 heterocycles. The minimum atomic E-state index is -0.231. The topological polar surface area (TPSA) is 64.1 Å². The third-order valence-electron chi connectivity index (χ3n) is 4.41. The molecule has 1 N–H and O–H groups in total. The predicted molar refractivity (Wildman–Crippen MR) is 121 cm³/mol. The SMILES string of the molecule is COc1ccc(CCC(C)NC(=O)c2cc(Cl)nnc2Sc2ccc(Cl)cc2)cc1. The lowest BCUT2D eigenvalue weighted by Crippen LogP contribution is -2.33. The van der Waals surface area contributed by atoms with Gasteiger partial charge in [0.05, 0.1) is 12.7 Å². The Kier molecular flexibility index (Phi) is 7.96. The standard InChI is InChI=1S/C22H21Cl2N3O2S/c1-14(3-4-15-5-9-17(29-2)10-6-15)25-21(28)19-13-20(24)26-27-22(19)30-18-11-7-16(23)8-12-18/h5-14H,3-4H2,1-2H3,(H,25,28). The first-order valence-electron chi connectivity index (χ1n) is 9.35. The first kappa shape index (κ1) is 22.4. The molecule has 0 saturated heterocycles. The van der Waals surface area contributed by atoms with Gasteiger partial charge in [0.2, 0.25) is 0 Å². The van der Waals surface area contributed by atoms with Crippen LogP contribution in [0.5, 0.6) is 5.75 Å². The number of hydrogen-bond donors (Lipinski definition) is 1. The van der Waals surface area contributed by atoms with Crippen molar-refractivity contribution in [3.63, 3.8) is 0 Å². The normalized spacial score (nSPS) is 11.7. The van der Waals surface area contributed by atoms with Gasteiger partial charge in [-0.3, -0.25) is 4.79 Å². The van der Waals surface area contributed by atoms with E-state index in [-0.39, 0.29) is 17.1 Å². The smallest absolute Gasteiger partial charge is 0.254 e. The fourth-order valence-corrected chi connectivity index (χ4v) is 3.87. The summed E-state index contributed by atoms with van der Waals surface area (Å²) in [6.07, 6.45) is 1.64. The number of benzene rings is 2. The average Bonchev–Trinajstić information content (AvgIpc) is 2.75. The van der Waals surface area contributed by atoms with E-state index in [1.807, 2.05) is 43.3 Å². The van der Waals surface area contributed by atoms with E-state index in [0.717, 1.165) is 23.5 Å². The summed E-state index contributed by atoms with van der Waals surface area (Å²) >= 11 is 13.3. The number of hydrogen-bond acceptors (Lipinski definition) is 5. The highest BCUT2D eigenvalue weighted by atomic mass is 35.5. The maximum absolute atomic E-state index is 12.9. The molecular weight excluding hydrogens is 441 g/mol. The van der Waals surface area contributed by atoms with Crippen LogP contribution >= 0.6 is 35.0 Å². The number of rotatable bonds is 8. The molecule has 0 aliphatic carbocycles. The van der Waals surface area contributed by atoms with Gasteiger partial charge in [-0.1, -0.05) is 47.1 Å². The number of nitrogens with zero attached hydrogens (tertiary/aromatic N) is 2. The zero-order valence-corrected chi connectivity index (χ0v) is 18.9. The zero-order chi connectivity index (χ0) is 21.5. The van der Waals surface area contributed by atoms with Crippen LogP contribution in [0.4, 0.5) is 0 Å². The Labute approximate surface area is 190 Å². The molecule has 1 amide bonds. The fraction of sp³-hybridized carbons (Fsp3) is 0.227. The lowest BCUT2D eigenvalue weighted by atomic mass is 10.1. The van der Waals surface area contributed by atoms with E-state index < -0.39 is 0 Å². The van der Waals surface area contributed by atoms with Crippen molar-refractivity contribution in [2.24, 2.45) is 0 Å². The van der Waals surface area contributed by atoms with Crippen LogP contribution in [0.2, 0.25) is 10.2 Å². The maximum Gasteiger partial charge on any atom is 0.254 e. The third-order valence-corrected chi connectivity index (χ3v) is 5.85. The molecule has 1 atom stereocenters. The Bertz CT molecular complexity index is 998. The molecule has 1 aromatic heterocycles. The van der Waals surface area contributed by atoms with Crippen molar-refractivity contribution in [1.29, 1.82) is 0 Å². The van der Waals surface area contributed by atoms with Crippen LogP contribution in [0.3, 0.4) is 0 Å². The Morgan fingerprint density at radius 2 is 1.80 bits per heavy atom. The highest BCUT2D eigenvalue weighted by Gasteiger charge is 2.18. The van der Waals surface area contributed by atoms with E-state index in [2.05, 4.69) is 15.5 Å². The van der Waals surface area contributed by atoms with Crippen LogP contribution in [0.25, 0.3) is 0 Å². The van der Waals surface area contributed by atoms with Crippen molar-refractivity contribution in [3.8, 4) is 5.75 Å². The molecule has 3 aromatic rings. The molecule has 0 spiro atoms. The van der Waals surface area contributed by atoms with Gasteiger partial charge in [0, 0.05) is 16.0 Å². The van der Waals surface area contributed by atoms with Gasteiger partial charge in [-0.2, -0.15) is 0 Å². The van der Waals surface area contributed by atoms with Gasteiger partial charge in [-0.05, 0) is 67.8 Å². The van der Waals surface area contributed by atoms with Crippen molar-refractivity contribution in [2.75, 3.05) is 7.11 Å². The number of methoxy groups -OCH3 is 1. The van der Waals surface area contributed by atoms with Crippen molar-refractivity contribution >= 4 is 40.9 Å². The summed E-state index contributed by atoms with van der Waals surface area (Å²) < 4.78 is 5.18. The largest absolute Gasteiger partial charge is 0.497 e. The van der Waals surface area contributed by atoms with Gasteiger partial charge in [0.1, 0.15) is 10.8 Å². The van der Waals surface area contributed by atoms with E-state index >= 15 is 0 Å². The van der Waals surface area contributed by atoms with Gasteiger partial charge in [-0.25, -0.2) is 0 Å². The number of carbonyl (C=O) groups is 1. The van der Waals surface area contributed by atoms with Crippen molar-refractivity contribution in [1.82, 2.24) is 15.5 Å². The molecule has 1 unspecified atom stereocenters. The van der Waals surface area contributed by atoms with Gasteiger partial charge < -0.3 is 10.1 Å². The molecule has 0 radical (unpaired) electrons. The van der Waals surface area contributed by atoms with Crippen LogP contribution in [0, 0.1) is 0 Å². The van der Waals surface area contributed by atoms with Gasteiger partial charge in [0.25, 0.3) is 5.91 Å². The molecule has 30 heavy (non-hydrogen) atoms. The van der Waals surface area contributed by atoms with Crippen molar-refractivity contribution < 1.29 is 9.53 Å². The minimum absolute atomic E-state index is 0.0278. The number of aromatic nitrogens is 2. The lowest BCUT2D eigenvalue weighted by Gasteiger charge is -2.15. The van der Waals surface area contributed by atoms with Gasteiger partial charge in [0.15, 0.2) is 5.15 Å². The third kappa shape index (κ3) is 6.36. The summed E-state index contributed by atoms with van der Waals surface area (Å²) in [6.45, 7) is 1.98. The van der Waals surface area contributed by atoms with E-state index in [0.29, 0.717) is 15.6 Å². The number of ether oxygens (including phenoxy) is 1. The summed E-state index contributed by atoms with van der Waals surface area (Å²) in [5.74, 6) is 0.596. The second-order valence-corrected chi connectivity index (χ2v) is 8.59. The first-order chi connectivity index (χ1) is 14.4. The highest BCUT2D eigenvalue weighted by molar-refractivity contribution is 7.99. The molecule has 0 saturated carbocycles. The van der Waals surface area contributed by atoms with E-state index in [1.54, 1.807) is 25.3 Å². The summed E-state index contributed by atoms with van der Waals surface area (Å²) in [4.78, 5) is 13.8. The van der Waals surface area contributed by atoms with Crippen LogP contribution in [-0.4, -0.2) is 29.3 Å². The van der Waals surface area contributed by atoms with Crippen LogP contribution in [0.1, 0.15) is 29.3 Å². The molecule has 5 nitrogen and oxygen atoms in total. The molecule has 0 aliphatic heterocycles. The maximum atomic E-state index is 12.9. The Morgan fingerprint density at radius 3 is 2.47 bits per heavy atom. The Morgan fingerprint density at radius 1 is 1.10 bits per heavy atom. The van der Waals surface area contributed by atoms with Gasteiger partial charge >= 0.3 is 0 Å². The van der Waals surface area contributed by atoms with E-state index in [4.69, 9.17) is 27.9 Å². The summed E-state index contributed by atoms with van der Waals surface area (Å²) in [6, 6.07) is 16.7. The van der Waals surface area contributed by atoms with Gasteiger partial charge in [-0.15, -0.1) is 10.2 Å². The molecule has 0 aliphatic rings. The number of aryl methyl sites for hydroxylation is 1. The quantitative estimate of drug-likeness (QED) is 0.466. The molecule has 0 fully saturated rings. The minimum Gasteiger partial charge on any atom is -0.497 e. The second kappa shape index (κ2) is 10.7. The molecule has 156 valence electrons. The van der Waals surface area contributed by atoms with E-state index in [1.165, 1.54) is 17.3 Å². The molecular formula is C22H21Cl2N3O2S. The Balaban J connectivity index is 1.64. The average molecular weight is 462 g/mol. The van der Waals surface area contributed by atoms with Crippen molar-refractivity contribution in [2.45, 2.75) is 35.7 Å². The molecule has 8 heteroatoms. The van der Waals surface area contributed by atoms with Crippen LogP contribution in [0.15, 0.2) is 64.5 Å². The monoisotopic (exact) mass is 461 g/mol. The lowest BCUT2D eigenvalue weighted by molar-refractivity contribution is 0.0934. The van der Waals surface area contributed by atoms with Crippen LogP contribution < -0.4 is 10.1 Å². The number of carbonyl (C=O) groups excluding carboxylic acids is 1. The Hall–Kier alpha value is -2.28. The zero-order valence-electron chi connectivity index (χ0n) is 16.6. The molecule has 2 aromatic carbocycles. The number of amides is 1. The number of nitrogens with one attached hydrogen (secondary N) is 1. The first-order valence-corrected chi connectivity index (χ1v) is 10.9.